The number of phenols is 1. The summed E-state index contributed by atoms with van der Waals surface area (Å²) in [6.07, 6.45) is 9.40. The third-order valence-electron chi connectivity index (χ3n) is 12.4. The number of nitrogens with zero attached hydrogens (tertiary/aromatic N) is 2. The van der Waals surface area contributed by atoms with Gasteiger partial charge in [0, 0.05) is 30.1 Å². The monoisotopic (exact) mass is 490 g/mol. The zero-order valence-electron chi connectivity index (χ0n) is 21.9. The van der Waals surface area contributed by atoms with Gasteiger partial charge >= 0.3 is 0 Å². The highest BCUT2D eigenvalue weighted by atomic mass is 16.3. The highest BCUT2D eigenvalue weighted by Crippen LogP contribution is 2.77. The van der Waals surface area contributed by atoms with Crippen LogP contribution in [0.2, 0.25) is 0 Å². The summed E-state index contributed by atoms with van der Waals surface area (Å²) in [6, 6.07) is 24.4. The van der Waals surface area contributed by atoms with Crippen molar-refractivity contribution in [3.8, 4) is 5.75 Å². The molecule has 0 radical (unpaired) electrons. The Bertz CT molecular complexity index is 1430. The summed E-state index contributed by atoms with van der Waals surface area (Å²) in [5.41, 5.74) is 5.18. The number of benzene rings is 3. The van der Waals surface area contributed by atoms with E-state index in [0.717, 1.165) is 5.92 Å². The van der Waals surface area contributed by atoms with E-state index in [1.807, 2.05) is 6.07 Å². The maximum Gasteiger partial charge on any atom is 0.115 e. The number of fused-ring (bicyclic) bond motifs is 2. The van der Waals surface area contributed by atoms with Gasteiger partial charge in [-0.1, -0.05) is 42.5 Å². The quantitative estimate of drug-likeness (QED) is 0.467. The molecule has 5 fully saturated rings. The molecule has 0 spiro atoms. The molecule has 0 amide bonds. The van der Waals surface area contributed by atoms with E-state index in [0.29, 0.717) is 41.1 Å². The maximum atomic E-state index is 10.8. The number of hydrogen-bond donors (Lipinski definition) is 1. The summed E-state index contributed by atoms with van der Waals surface area (Å²) in [5.74, 6) is 2.79. The molecule has 9 rings (SSSR count). The zero-order chi connectivity index (χ0) is 24.5. The molecule has 3 saturated carbocycles. The topological polar surface area (TPSA) is 26.7 Å². The van der Waals surface area contributed by atoms with Gasteiger partial charge in [-0.3, -0.25) is 9.80 Å². The molecule has 3 nitrogen and oxygen atoms in total. The van der Waals surface area contributed by atoms with Crippen LogP contribution in [0.3, 0.4) is 0 Å². The molecule has 7 atom stereocenters. The Hall–Kier alpha value is -2.36. The first kappa shape index (κ1) is 21.6. The molecule has 190 valence electrons. The lowest BCUT2D eigenvalue weighted by molar-refractivity contribution is -0.105. The van der Waals surface area contributed by atoms with E-state index in [-0.39, 0.29) is 5.41 Å². The Morgan fingerprint density at radius 3 is 2.68 bits per heavy atom. The number of hydrogen-bond acceptors (Lipinski definition) is 3. The Labute approximate surface area is 220 Å². The van der Waals surface area contributed by atoms with Gasteiger partial charge in [0.15, 0.2) is 0 Å². The Kier molecular flexibility index (Phi) is 4.19. The van der Waals surface area contributed by atoms with Crippen molar-refractivity contribution in [3.63, 3.8) is 0 Å². The van der Waals surface area contributed by atoms with Gasteiger partial charge in [0.05, 0.1) is 0 Å². The van der Waals surface area contributed by atoms with Crippen LogP contribution in [-0.4, -0.2) is 47.1 Å². The van der Waals surface area contributed by atoms with Crippen LogP contribution in [0.5, 0.6) is 5.75 Å². The predicted molar refractivity (Wildman–Crippen MR) is 148 cm³/mol. The summed E-state index contributed by atoms with van der Waals surface area (Å²) in [5, 5.41) is 13.5. The molecule has 37 heavy (non-hydrogen) atoms. The van der Waals surface area contributed by atoms with Crippen LogP contribution < -0.4 is 0 Å². The third kappa shape index (κ3) is 2.61. The van der Waals surface area contributed by atoms with E-state index in [1.54, 1.807) is 5.56 Å². The zero-order valence-corrected chi connectivity index (χ0v) is 21.9. The number of aromatic hydroxyl groups is 1. The van der Waals surface area contributed by atoms with Crippen LogP contribution in [-0.2, 0) is 11.8 Å². The van der Waals surface area contributed by atoms with E-state index < -0.39 is 0 Å². The summed E-state index contributed by atoms with van der Waals surface area (Å²) < 4.78 is 0. The second-order valence-corrected chi connectivity index (χ2v) is 13.6. The number of phenolic OH excluding ortho intramolecular Hbond substituents is 1. The van der Waals surface area contributed by atoms with Crippen LogP contribution in [0, 0.1) is 23.2 Å². The van der Waals surface area contributed by atoms with Gasteiger partial charge in [-0.25, -0.2) is 0 Å². The van der Waals surface area contributed by atoms with Crippen molar-refractivity contribution >= 4 is 10.8 Å². The minimum atomic E-state index is 0.220. The first-order chi connectivity index (χ1) is 18.1. The van der Waals surface area contributed by atoms with Gasteiger partial charge in [0.2, 0.25) is 0 Å². The maximum absolute atomic E-state index is 10.8. The van der Waals surface area contributed by atoms with E-state index in [2.05, 4.69) is 71.4 Å². The van der Waals surface area contributed by atoms with Gasteiger partial charge in [-0.15, -0.1) is 0 Å². The number of rotatable bonds is 3. The SMILES string of the molecule is CN1C2CCC34C[C@@H](C2C32CCN(CC3CC3)C4Cc3ccc(O)cc32)[C@@H]1c1ccc2ccccc2c1. The largest absolute Gasteiger partial charge is 0.508 e. The standard InChI is InChI=1S/C34H38N2O/c1-35-29-12-13-33-19-27(32(35)25-9-8-22-4-2-3-5-23(22)16-25)31(29)34(33)14-15-36(20-21-6-7-21)30(33)17-24-10-11-26(37)18-28(24)34/h2-5,8-11,16,18,21,27,29-32,37H,6-7,12-15,17,19-20H2,1H3/t27-,29?,30?,31?,32-,33?,34?/m0/s1. The molecule has 4 bridgehead atoms. The second kappa shape index (κ2) is 7.18. The van der Waals surface area contributed by atoms with Gasteiger partial charge in [-0.05, 0) is 127 Å². The molecule has 6 aliphatic rings. The van der Waals surface area contributed by atoms with Crippen molar-refractivity contribution in [2.45, 2.75) is 68.5 Å². The Balaban J connectivity index is 1.22. The van der Waals surface area contributed by atoms with Crippen LogP contribution >= 0.6 is 0 Å². The van der Waals surface area contributed by atoms with Crippen molar-refractivity contribution in [2.24, 2.45) is 23.2 Å². The van der Waals surface area contributed by atoms with Crippen molar-refractivity contribution in [2.75, 3.05) is 20.1 Å². The van der Waals surface area contributed by atoms with Gasteiger partial charge in [0.1, 0.15) is 5.75 Å². The molecule has 2 saturated heterocycles. The Morgan fingerprint density at radius 1 is 0.946 bits per heavy atom. The first-order valence-corrected chi connectivity index (χ1v) is 14.9. The lowest BCUT2D eigenvalue weighted by Crippen LogP contribution is -2.69. The van der Waals surface area contributed by atoms with Crippen LogP contribution in [0.4, 0.5) is 0 Å². The fourth-order valence-corrected chi connectivity index (χ4v) is 11.1. The summed E-state index contributed by atoms with van der Waals surface area (Å²) >= 11 is 0. The van der Waals surface area contributed by atoms with Crippen molar-refractivity contribution < 1.29 is 5.11 Å². The van der Waals surface area contributed by atoms with Crippen molar-refractivity contribution in [1.82, 2.24) is 9.80 Å². The molecule has 1 N–H and O–H groups in total. The van der Waals surface area contributed by atoms with Gasteiger partial charge in [-0.2, -0.15) is 0 Å². The first-order valence-electron chi connectivity index (χ1n) is 14.9. The molecule has 5 unspecified atom stereocenters. The molecule has 3 aromatic rings. The van der Waals surface area contributed by atoms with E-state index >= 15 is 0 Å². The molecular weight excluding hydrogens is 452 g/mol. The molecule has 3 aromatic carbocycles. The Morgan fingerprint density at radius 2 is 1.81 bits per heavy atom. The van der Waals surface area contributed by atoms with Crippen LogP contribution in [0.25, 0.3) is 10.8 Å². The van der Waals surface area contributed by atoms with Gasteiger partial charge in [0.25, 0.3) is 0 Å². The highest BCUT2D eigenvalue weighted by molar-refractivity contribution is 5.83. The van der Waals surface area contributed by atoms with Crippen molar-refractivity contribution in [1.29, 1.82) is 0 Å². The van der Waals surface area contributed by atoms with Crippen LogP contribution in [0.1, 0.15) is 61.3 Å². The third-order valence-corrected chi connectivity index (χ3v) is 12.4. The average molecular weight is 491 g/mol. The van der Waals surface area contributed by atoms with E-state index in [4.69, 9.17) is 0 Å². The molecular formula is C34H38N2O. The molecule has 0 aromatic heterocycles. The minimum absolute atomic E-state index is 0.220. The molecule has 2 heterocycles. The molecule has 3 heteroatoms. The van der Waals surface area contributed by atoms with Crippen molar-refractivity contribution in [3.05, 3.63) is 77.4 Å². The predicted octanol–water partition coefficient (Wildman–Crippen LogP) is 6.30. The smallest absolute Gasteiger partial charge is 0.115 e. The minimum Gasteiger partial charge on any atom is -0.508 e. The summed E-state index contributed by atoms with van der Waals surface area (Å²) in [4.78, 5) is 5.75. The lowest BCUT2D eigenvalue weighted by atomic mass is 9.43. The lowest BCUT2D eigenvalue weighted by Gasteiger charge is -2.66. The number of likely N-dealkylation sites (tertiary alicyclic amines) is 2. The molecule has 4 aliphatic carbocycles. The average Bonchev–Trinajstić information content (AvgIpc) is 3.64. The van der Waals surface area contributed by atoms with Crippen LogP contribution in [0.15, 0.2) is 60.7 Å². The number of piperidine rings is 1. The summed E-state index contributed by atoms with van der Waals surface area (Å²) in [6.45, 7) is 2.57. The molecule has 2 aliphatic heterocycles. The van der Waals surface area contributed by atoms with Gasteiger partial charge < -0.3 is 5.11 Å². The fraction of sp³-hybridized carbons (Fsp3) is 0.529. The fourth-order valence-electron chi connectivity index (χ4n) is 11.1. The summed E-state index contributed by atoms with van der Waals surface area (Å²) in [7, 11) is 2.43. The highest BCUT2D eigenvalue weighted by Gasteiger charge is 2.77. The second-order valence-electron chi connectivity index (χ2n) is 13.6. The van der Waals surface area contributed by atoms with E-state index in [9.17, 15) is 5.11 Å². The van der Waals surface area contributed by atoms with E-state index in [1.165, 1.54) is 79.9 Å². The normalized spacial score (nSPS) is 40.1.